The number of nitrogens with one attached hydrogen (secondary N) is 2. The number of guanidine groups is 1. The molecule has 1 unspecified atom stereocenters. The van der Waals surface area contributed by atoms with Gasteiger partial charge in [-0.2, -0.15) is 0 Å². The first-order valence-corrected chi connectivity index (χ1v) is 10.6. The lowest BCUT2D eigenvalue weighted by molar-refractivity contribution is 0.0205. The molecule has 0 amide bonds. The zero-order chi connectivity index (χ0) is 21.3. The van der Waals surface area contributed by atoms with Crippen molar-refractivity contribution in [2.75, 3.05) is 47.1 Å². The summed E-state index contributed by atoms with van der Waals surface area (Å²) in [6.45, 7) is 12.4. The van der Waals surface area contributed by atoms with Gasteiger partial charge in [0, 0.05) is 38.8 Å². The minimum atomic E-state index is -0.0163. The normalized spacial score (nSPS) is 18.2. The predicted molar refractivity (Wildman–Crippen MR) is 119 cm³/mol. The fourth-order valence-corrected chi connectivity index (χ4v) is 3.75. The topological polar surface area (TPSA) is 64.1 Å². The molecule has 6 heteroatoms. The number of ether oxygens (including phenoxy) is 3. The van der Waals surface area contributed by atoms with Gasteiger partial charge in [0.1, 0.15) is 5.75 Å². The molecule has 1 heterocycles. The largest absolute Gasteiger partial charge is 0.497 e. The van der Waals surface area contributed by atoms with Crippen LogP contribution in [0.5, 0.6) is 5.75 Å². The first-order chi connectivity index (χ1) is 13.8. The van der Waals surface area contributed by atoms with Gasteiger partial charge in [0.25, 0.3) is 0 Å². The molecule has 1 atom stereocenters. The van der Waals surface area contributed by atoms with E-state index < -0.39 is 0 Å². The quantitative estimate of drug-likeness (QED) is 0.513. The zero-order valence-corrected chi connectivity index (χ0v) is 19.0. The summed E-state index contributed by atoms with van der Waals surface area (Å²) in [7, 11) is 3.46. The Morgan fingerprint density at radius 1 is 1.14 bits per heavy atom. The summed E-state index contributed by atoms with van der Waals surface area (Å²) < 4.78 is 16.7. The van der Waals surface area contributed by atoms with Crippen LogP contribution in [0.1, 0.15) is 46.1 Å². The summed E-state index contributed by atoms with van der Waals surface area (Å²) in [5, 5.41) is 6.84. The number of benzene rings is 1. The Morgan fingerprint density at radius 2 is 1.79 bits per heavy atom. The Hall–Kier alpha value is -1.79. The molecule has 1 fully saturated rings. The van der Waals surface area contributed by atoms with E-state index in [1.54, 1.807) is 14.2 Å². The minimum absolute atomic E-state index is 0.0163. The Kier molecular flexibility index (Phi) is 8.78. The lowest BCUT2D eigenvalue weighted by Gasteiger charge is -2.37. The number of nitrogens with zero attached hydrogens (tertiary/aromatic N) is 1. The molecular formula is C23H39N3O3. The van der Waals surface area contributed by atoms with Gasteiger partial charge in [0.05, 0.1) is 19.8 Å². The van der Waals surface area contributed by atoms with E-state index in [-0.39, 0.29) is 16.9 Å². The summed E-state index contributed by atoms with van der Waals surface area (Å²) in [4.78, 5) is 4.97. The summed E-state index contributed by atoms with van der Waals surface area (Å²) in [6, 6.07) is 8.40. The number of aliphatic imine (C=N–C) groups is 1. The van der Waals surface area contributed by atoms with Crippen LogP contribution in [0.25, 0.3) is 0 Å². The highest BCUT2D eigenvalue weighted by atomic mass is 16.5. The third-order valence-electron chi connectivity index (χ3n) is 5.74. The van der Waals surface area contributed by atoms with E-state index in [2.05, 4.69) is 50.5 Å². The van der Waals surface area contributed by atoms with Crippen molar-refractivity contribution < 1.29 is 14.2 Å². The maximum absolute atomic E-state index is 5.68. The molecule has 0 radical (unpaired) electrons. The molecule has 164 valence electrons. The molecule has 0 aromatic heterocycles. The van der Waals surface area contributed by atoms with Crippen molar-refractivity contribution in [2.45, 2.75) is 52.1 Å². The van der Waals surface area contributed by atoms with Crippen molar-refractivity contribution in [3.8, 4) is 5.75 Å². The maximum atomic E-state index is 5.68. The molecule has 0 saturated carbocycles. The van der Waals surface area contributed by atoms with Gasteiger partial charge < -0.3 is 24.8 Å². The van der Waals surface area contributed by atoms with Crippen molar-refractivity contribution in [1.29, 1.82) is 0 Å². The second kappa shape index (κ2) is 10.8. The van der Waals surface area contributed by atoms with E-state index in [1.807, 2.05) is 12.1 Å². The SMILES string of the molecule is CCNC(=NCC1(c2ccc(OC)cc2)CCOCC1)NCC(OC)C(C)(C)C. The van der Waals surface area contributed by atoms with Gasteiger partial charge in [-0.15, -0.1) is 0 Å². The van der Waals surface area contributed by atoms with E-state index in [4.69, 9.17) is 19.2 Å². The molecule has 1 aliphatic rings. The van der Waals surface area contributed by atoms with E-state index in [1.165, 1.54) is 5.56 Å². The predicted octanol–water partition coefficient (Wildman–Crippen LogP) is 3.36. The highest BCUT2D eigenvalue weighted by Crippen LogP contribution is 2.36. The number of methoxy groups -OCH3 is 2. The van der Waals surface area contributed by atoms with Crippen molar-refractivity contribution in [2.24, 2.45) is 10.4 Å². The van der Waals surface area contributed by atoms with Crippen LogP contribution < -0.4 is 15.4 Å². The first kappa shape index (κ1) is 23.5. The number of rotatable bonds is 8. The molecule has 1 aliphatic heterocycles. The first-order valence-electron chi connectivity index (χ1n) is 10.6. The Balaban J connectivity index is 2.17. The molecule has 2 N–H and O–H groups in total. The average Bonchev–Trinajstić information content (AvgIpc) is 2.72. The van der Waals surface area contributed by atoms with Gasteiger partial charge in [-0.1, -0.05) is 32.9 Å². The lowest BCUT2D eigenvalue weighted by atomic mass is 9.74. The van der Waals surface area contributed by atoms with Crippen LogP contribution in [0.3, 0.4) is 0 Å². The van der Waals surface area contributed by atoms with Crippen molar-refractivity contribution in [3.63, 3.8) is 0 Å². The third-order valence-corrected chi connectivity index (χ3v) is 5.74. The summed E-state index contributed by atoms with van der Waals surface area (Å²) >= 11 is 0. The van der Waals surface area contributed by atoms with Crippen LogP contribution in [-0.4, -0.2) is 59.1 Å². The van der Waals surface area contributed by atoms with Gasteiger partial charge in [0.15, 0.2) is 5.96 Å². The van der Waals surface area contributed by atoms with Gasteiger partial charge >= 0.3 is 0 Å². The van der Waals surface area contributed by atoms with E-state index >= 15 is 0 Å². The standard InChI is InChI=1S/C23H39N3O3/c1-7-24-21(25-16-20(28-6)22(2,3)4)26-17-23(12-14-29-15-13-23)18-8-10-19(27-5)11-9-18/h8-11,20H,7,12-17H2,1-6H3,(H2,24,25,26). The molecule has 6 nitrogen and oxygen atoms in total. The Morgan fingerprint density at radius 3 is 2.31 bits per heavy atom. The van der Waals surface area contributed by atoms with Crippen LogP contribution in [-0.2, 0) is 14.9 Å². The van der Waals surface area contributed by atoms with E-state index in [0.29, 0.717) is 13.1 Å². The van der Waals surface area contributed by atoms with Gasteiger partial charge in [-0.25, -0.2) is 0 Å². The van der Waals surface area contributed by atoms with Crippen molar-refractivity contribution in [1.82, 2.24) is 10.6 Å². The molecule has 2 rings (SSSR count). The average molecular weight is 406 g/mol. The second-order valence-corrected chi connectivity index (χ2v) is 8.79. The highest BCUT2D eigenvalue weighted by molar-refractivity contribution is 5.79. The molecule has 0 aliphatic carbocycles. The van der Waals surface area contributed by atoms with Gasteiger partial charge in [0.2, 0.25) is 0 Å². The van der Waals surface area contributed by atoms with Crippen LogP contribution in [0.2, 0.25) is 0 Å². The summed E-state index contributed by atoms with van der Waals surface area (Å²) in [6.07, 6.45) is 2.03. The third kappa shape index (κ3) is 6.61. The van der Waals surface area contributed by atoms with E-state index in [9.17, 15) is 0 Å². The lowest BCUT2D eigenvalue weighted by Crippen LogP contribution is -2.46. The molecule has 1 aromatic carbocycles. The minimum Gasteiger partial charge on any atom is -0.497 e. The van der Waals surface area contributed by atoms with Crippen LogP contribution in [0, 0.1) is 5.41 Å². The molecular weight excluding hydrogens is 366 g/mol. The summed E-state index contributed by atoms with van der Waals surface area (Å²) in [5.41, 5.74) is 1.34. The Bertz CT molecular complexity index is 632. The molecule has 1 aromatic rings. The second-order valence-electron chi connectivity index (χ2n) is 8.79. The van der Waals surface area contributed by atoms with Gasteiger partial charge in [-0.3, -0.25) is 4.99 Å². The fourth-order valence-electron chi connectivity index (χ4n) is 3.75. The molecule has 29 heavy (non-hydrogen) atoms. The maximum Gasteiger partial charge on any atom is 0.191 e. The number of hydrogen-bond donors (Lipinski definition) is 2. The monoisotopic (exact) mass is 405 g/mol. The zero-order valence-electron chi connectivity index (χ0n) is 19.0. The van der Waals surface area contributed by atoms with Crippen LogP contribution >= 0.6 is 0 Å². The Labute approximate surface area is 176 Å². The van der Waals surface area contributed by atoms with Crippen molar-refractivity contribution >= 4 is 5.96 Å². The van der Waals surface area contributed by atoms with Crippen molar-refractivity contribution in [3.05, 3.63) is 29.8 Å². The van der Waals surface area contributed by atoms with E-state index in [0.717, 1.165) is 44.3 Å². The van der Waals surface area contributed by atoms with Crippen LogP contribution in [0.4, 0.5) is 0 Å². The van der Waals surface area contributed by atoms with Crippen LogP contribution in [0.15, 0.2) is 29.3 Å². The molecule has 1 saturated heterocycles. The van der Waals surface area contributed by atoms with Gasteiger partial charge in [-0.05, 0) is 42.9 Å². The fraction of sp³-hybridized carbons (Fsp3) is 0.696. The highest BCUT2D eigenvalue weighted by Gasteiger charge is 2.34. The smallest absolute Gasteiger partial charge is 0.191 e. The number of hydrogen-bond acceptors (Lipinski definition) is 4. The molecule has 0 spiro atoms. The summed E-state index contributed by atoms with van der Waals surface area (Å²) in [5.74, 6) is 1.71. The molecule has 0 bridgehead atoms.